The first-order valence-electron chi connectivity index (χ1n) is 13.5. The van der Waals surface area contributed by atoms with Gasteiger partial charge in [-0.15, -0.1) is 0 Å². The molecule has 39 heavy (non-hydrogen) atoms. The Bertz CT molecular complexity index is 1600. The third-order valence-corrected chi connectivity index (χ3v) is 8.36. The standard InChI is InChI=1S/C37H36O2/c1-22-19-33(24(3)26(5)36(22)38)35(34-20-23(2)37(39)27(6)25(34)4)30-17-15-29(16-18-30)32-14-10-13-31(21-32)28-11-8-7-9-12-28/h7-21,35,38-39H,1-6H3. The molecule has 0 radical (unpaired) electrons. The lowest BCUT2D eigenvalue weighted by atomic mass is 9.78. The van der Waals surface area contributed by atoms with Gasteiger partial charge >= 0.3 is 0 Å². The summed E-state index contributed by atoms with van der Waals surface area (Å²) in [5.41, 5.74) is 14.0. The molecule has 0 spiro atoms. The Balaban J connectivity index is 1.65. The molecule has 0 aromatic heterocycles. The zero-order chi connectivity index (χ0) is 27.8. The first kappa shape index (κ1) is 26.3. The van der Waals surface area contributed by atoms with E-state index in [-0.39, 0.29) is 5.92 Å². The molecule has 0 atom stereocenters. The van der Waals surface area contributed by atoms with Gasteiger partial charge in [0.15, 0.2) is 0 Å². The van der Waals surface area contributed by atoms with Gasteiger partial charge in [-0.25, -0.2) is 0 Å². The van der Waals surface area contributed by atoms with Crippen molar-refractivity contribution in [1.82, 2.24) is 0 Å². The van der Waals surface area contributed by atoms with Crippen molar-refractivity contribution in [3.8, 4) is 33.8 Å². The van der Waals surface area contributed by atoms with Crippen LogP contribution in [-0.4, -0.2) is 10.2 Å². The first-order valence-corrected chi connectivity index (χ1v) is 13.5. The van der Waals surface area contributed by atoms with Crippen LogP contribution in [0.25, 0.3) is 22.3 Å². The van der Waals surface area contributed by atoms with Gasteiger partial charge in [0.2, 0.25) is 0 Å². The lowest BCUT2D eigenvalue weighted by molar-refractivity contribution is 0.465. The van der Waals surface area contributed by atoms with Crippen LogP contribution in [0.1, 0.15) is 56.0 Å². The highest BCUT2D eigenvalue weighted by atomic mass is 16.3. The lowest BCUT2D eigenvalue weighted by Gasteiger charge is -2.26. The highest BCUT2D eigenvalue weighted by molar-refractivity contribution is 5.73. The van der Waals surface area contributed by atoms with Crippen LogP contribution in [0.3, 0.4) is 0 Å². The second kappa shape index (κ2) is 10.5. The van der Waals surface area contributed by atoms with Gasteiger partial charge in [0.25, 0.3) is 0 Å². The van der Waals surface area contributed by atoms with Gasteiger partial charge in [-0.2, -0.15) is 0 Å². The fourth-order valence-corrected chi connectivity index (χ4v) is 5.70. The third kappa shape index (κ3) is 4.83. The van der Waals surface area contributed by atoms with Crippen molar-refractivity contribution >= 4 is 0 Å². The van der Waals surface area contributed by atoms with Crippen LogP contribution in [0.5, 0.6) is 11.5 Å². The molecule has 0 aliphatic carbocycles. The van der Waals surface area contributed by atoms with Crippen molar-refractivity contribution in [2.75, 3.05) is 0 Å². The van der Waals surface area contributed by atoms with Crippen molar-refractivity contribution in [1.29, 1.82) is 0 Å². The van der Waals surface area contributed by atoms with E-state index in [9.17, 15) is 10.2 Å². The molecular formula is C37H36O2. The van der Waals surface area contributed by atoms with E-state index >= 15 is 0 Å². The Morgan fingerprint density at radius 1 is 0.436 bits per heavy atom. The molecule has 0 aliphatic heterocycles. The zero-order valence-corrected chi connectivity index (χ0v) is 23.6. The number of hydrogen-bond donors (Lipinski definition) is 2. The van der Waals surface area contributed by atoms with Crippen LogP contribution < -0.4 is 0 Å². The van der Waals surface area contributed by atoms with Crippen LogP contribution in [0.2, 0.25) is 0 Å². The van der Waals surface area contributed by atoms with Crippen molar-refractivity contribution < 1.29 is 10.2 Å². The van der Waals surface area contributed by atoms with Crippen molar-refractivity contribution in [2.45, 2.75) is 47.5 Å². The normalized spacial score (nSPS) is 11.3. The minimum atomic E-state index is -0.0364. The summed E-state index contributed by atoms with van der Waals surface area (Å²) >= 11 is 0. The summed E-state index contributed by atoms with van der Waals surface area (Å²) in [7, 11) is 0. The van der Waals surface area contributed by atoms with Crippen LogP contribution >= 0.6 is 0 Å². The van der Waals surface area contributed by atoms with E-state index in [1.165, 1.54) is 38.9 Å². The average Bonchev–Trinajstić information content (AvgIpc) is 2.97. The van der Waals surface area contributed by atoms with Crippen molar-refractivity contribution in [3.63, 3.8) is 0 Å². The third-order valence-electron chi connectivity index (χ3n) is 8.36. The summed E-state index contributed by atoms with van der Waals surface area (Å²) in [5.74, 6) is 0.683. The first-order chi connectivity index (χ1) is 18.7. The largest absolute Gasteiger partial charge is 0.507 e. The molecule has 196 valence electrons. The monoisotopic (exact) mass is 512 g/mol. The molecular weight excluding hydrogens is 476 g/mol. The fraction of sp³-hybridized carbons (Fsp3) is 0.189. The summed E-state index contributed by atoms with van der Waals surface area (Å²) in [6.45, 7) is 12.1. The van der Waals surface area contributed by atoms with E-state index in [4.69, 9.17) is 0 Å². The average molecular weight is 513 g/mol. The quantitative estimate of drug-likeness (QED) is 0.230. The maximum Gasteiger partial charge on any atom is 0.121 e. The maximum atomic E-state index is 10.6. The van der Waals surface area contributed by atoms with E-state index in [1.807, 2.05) is 33.8 Å². The molecule has 2 N–H and O–H groups in total. The zero-order valence-electron chi connectivity index (χ0n) is 23.6. The Morgan fingerprint density at radius 3 is 1.36 bits per heavy atom. The SMILES string of the molecule is Cc1cc(C(c2ccc(-c3cccc(-c4ccccc4)c3)cc2)c2cc(C)c(O)c(C)c2C)c(C)c(C)c1O. The molecule has 0 saturated carbocycles. The molecule has 0 unspecified atom stereocenters. The van der Waals surface area contributed by atoms with Gasteiger partial charge in [-0.05, 0) is 120 Å². The number of aryl methyl sites for hydroxylation is 2. The highest BCUT2D eigenvalue weighted by Gasteiger charge is 2.25. The molecule has 2 nitrogen and oxygen atoms in total. The molecule has 0 amide bonds. The summed E-state index contributed by atoms with van der Waals surface area (Å²) in [6, 6.07) is 32.2. The van der Waals surface area contributed by atoms with Gasteiger partial charge in [0.05, 0.1) is 0 Å². The predicted octanol–water partition coefficient (Wildman–Crippen LogP) is 9.46. The molecule has 0 fully saturated rings. The van der Waals surface area contributed by atoms with E-state index < -0.39 is 0 Å². The van der Waals surface area contributed by atoms with Crippen LogP contribution in [0, 0.1) is 41.5 Å². The molecule has 0 aliphatic rings. The molecule has 0 bridgehead atoms. The summed E-state index contributed by atoms with van der Waals surface area (Å²) < 4.78 is 0. The predicted molar refractivity (Wildman–Crippen MR) is 163 cm³/mol. The summed E-state index contributed by atoms with van der Waals surface area (Å²) in [5, 5.41) is 21.3. The number of rotatable bonds is 5. The van der Waals surface area contributed by atoms with Gasteiger partial charge in [0, 0.05) is 5.92 Å². The molecule has 5 aromatic rings. The second-order valence-corrected chi connectivity index (χ2v) is 10.8. The molecule has 5 rings (SSSR count). The van der Waals surface area contributed by atoms with Gasteiger partial charge in [-0.3, -0.25) is 0 Å². The smallest absolute Gasteiger partial charge is 0.121 e. The number of benzene rings is 5. The number of aromatic hydroxyl groups is 2. The Labute approximate surface area is 232 Å². The van der Waals surface area contributed by atoms with E-state index in [1.54, 1.807) is 0 Å². The second-order valence-electron chi connectivity index (χ2n) is 10.8. The lowest BCUT2D eigenvalue weighted by Crippen LogP contribution is -2.10. The van der Waals surface area contributed by atoms with E-state index in [0.717, 1.165) is 33.4 Å². The topological polar surface area (TPSA) is 40.5 Å². The summed E-state index contributed by atoms with van der Waals surface area (Å²) in [6.07, 6.45) is 0. The minimum absolute atomic E-state index is 0.0364. The van der Waals surface area contributed by atoms with Crippen LogP contribution in [0.4, 0.5) is 0 Å². The van der Waals surface area contributed by atoms with Crippen LogP contribution in [-0.2, 0) is 0 Å². The Kier molecular flexibility index (Phi) is 7.06. The highest BCUT2D eigenvalue weighted by Crippen LogP contribution is 2.42. The molecule has 2 heteroatoms. The molecule has 5 aromatic carbocycles. The van der Waals surface area contributed by atoms with Crippen LogP contribution in [0.15, 0.2) is 91.0 Å². The van der Waals surface area contributed by atoms with Crippen molar-refractivity contribution in [2.24, 2.45) is 0 Å². The number of hydrogen-bond acceptors (Lipinski definition) is 2. The van der Waals surface area contributed by atoms with Gasteiger partial charge in [0.1, 0.15) is 11.5 Å². The van der Waals surface area contributed by atoms with Gasteiger partial charge < -0.3 is 10.2 Å². The fourth-order valence-electron chi connectivity index (χ4n) is 5.70. The summed E-state index contributed by atoms with van der Waals surface area (Å²) in [4.78, 5) is 0. The molecule has 0 heterocycles. The van der Waals surface area contributed by atoms with Crippen molar-refractivity contribution in [3.05, 3.63) is 141 Å². The maximum absolute atomic E-state index is 10.6. The Hall–Kier alpha value is -4.30. The number of phenols is 2. The van der Waals surface area contributed by atoms with E-state index in [2.05, 4.69) is 98.8 Å². The molecule has 0 saturated heterocycles. The minimum Gasteiger partial charge on any atom is -0.507 e. The van der Waals surface area contributed by atoms with E-state index in [0.29, 0.717) is 11.5 Å². The Morgan fingerprint density at radius 2 is 0.872 bits per heavy atom. The number of phenolic OH excluding ortho intramolecular Hbond substituents is 2. The van der Waals surface area contributed by atoms with Gasteiger partial charge in [-0.1, -0.05) is 84.9 Å².